The fourth-order valence-electron chi connectivity index (χ4n) is 3.56. The first kappa shape index (κ1) is 18.3. The van der Waals surface area contributed by atoms with E-state index in [0.29, 0.717) is 5.92 Å². The van der Waals surface area contributed by atoms with Crippen molar-refractivity contribution in [2.24, 2.45) is 0 Å². The predicted molar refractivity (Wildman–Crippen MR) is 107 cm³/mol. The average Bonchev–Trinajstić information content (AvgIpc) is 2.67. The molecular weight excluding hydrogens is 398 g/mol. The largest absolute Gasteiger partial charge is 0.467 e. The van der Waals surface area contributed by atoms with Crippen molar-refractivity contribution in [1.29, 1.82) is 0 Å². The highest BCUT2D eigenvalue weighted by Crippen LogP contribution is 2.39. The van der Waals surface area contributed by atoms with Crippen LogP contribution in [0.5, 0.6) is 0 Å². The molecule has 3 nitrogen and oxygen atoms in total. The summed E-state index contributed by atoms with van der Waals surface area (Å²) in [6, 6.07) is 16.3. The Morgan fingerprint density at radius 2 is 2.00 bits per heavy atom. The second kappa shape index (κ2) is 8.28. The summed E-state index contributed by atoms with van der Waals surface area (Å²) in [6.45, 7) is 0.842. The minimum absolute atomic E-state index is 0.158. The summed E-state index contributed by atoms with van der Waals surface area (Å²) in [5, 5.41) is 0. The summed E-state index contributed by atoms with van der Waals surface area (Å²) in [5.41, 5.74) is 2.40. The molecule has 1 saturated heterocycles. The Bertz CT molecular complexity index is 738. The Hall–Kier alpha value is -1.46. The minimum atomic E-state index is -0.250. The second-order valence-corrected chi connectivity index (χ2v) is 7.94. The van der Waals surface area contributed by atoms with E-state index in [1.54, 1.807) is 11.8 Å². The van der Waals surface area contributed by atoms with Gasteiger partial charge in [-0.2, -0.15) is 0 Å². The normalized spacial score (nSPS) is 20.4. The standard InChI is InChI=1S/C20H22BrNO2S/c1-24-20(23)18-12-14(17-13-15(21)8-9-19(17)25-2)10-11-22(18)16-6-4-3-5-7-16/h3-9,13-14,18H,10-12H2,1-2H3. The van der Waals surface area contributed by atoms with E-state index in [1.165, 1.54) is 17.6 Å². The van der Waals surface area contributed by atoms with E-state index in [2.05, 4.69) is 57.4 Å². The number of halogens is 1. The molecule has 2 unspecified atom stereocenters. The molecule has 0 aromatic heterocycles. The quantitative estimate of drug-likeness (QED) is 0.509. The molecule has 0 radical (unpaired) electrons. The molecule has 1 aliphatic heterocycles. The topological polar surface area (TPSA) is 29.5 Å². The monoisotopic (exact) mass is 419 g/mol. The van der Waals surface area contributed by atoms with Gasteiger partial charge in [-0.1, -0.05) is 34.1 Å². The first-order valence-corrected chi connectivity index (χ1v) is 10.4. The zero-order chi connectivity index (χ0) is 17.8. The third-order valence-corrected chi connectivity index (χ3v) is 6.10. The highest BCUT2D eigenvalue weighted by Gasteiger charge is 2.35. The molecule has 0 bridgehead atoms. The maximum absolute atomic E-state index is 12.5. The molecule has 1 fully saturated rings. The van der Waals surface area contributed by atoms with E-state index in [-0.39, 0.29) is 12.0 Å². The zero-order valence-electron chi connectivity index (χ0n) is 14.4. The first-order chi connectivity index (χ1) is 12.1. The molecule has 1 heterocycles. The van der Waals surface area contributed by atoms with Gasteiger partial charge in [0.15, 0.2) is 0 Å². The molecular formula is C20H22BrNO2S. The van der Waals surface area contributed by atoms with Crippen LogP contribution in [-0.2, 0) is 9.53 Å². The molecule has 0 N–H and O–H groups in total. The molecule has 0 saturated carbocycles. The van der Waals surface area contributed by atoms with Crippen LogP contribution in [0.15, 0.2) is 57.9 Å². The molecule has 0 amide bonds. The van der Waals surface area contributed by atoms with E-state index >= 15 is 0 Å². The molecule has 3 rings (SSSR count). The van der Waals surface area contributed by atoms with Crippen LogP contribution in [0.1, 0.15) is 24.3 Å². The number of anilines is 1. The SMILES string of the molecule is COC(=O)C1CC(c2cc(Br)ccc2SC)CCN1c1ccccc1. The van der Waals surface area contributed by atoms with Crippen LogP contribution in [0.25, 0.3) is 0 Å². The number of hydrogen-bond acceptors (Lipinski definition) is 4. The molecule has 5 heteroatoms. The van der Waals surface area contributed by atoms with Gasteiger partial charge >= 0.3 is 5.97 Å². The molecule has 2 aromatic rings. The van der Waals surface area contributed by atoms with Crippen LogP contribution in [0.3, 0.4) is 0 Å². The van der Waals surface area contributed by atoms with Gasteiger partial charge in [0.05, 0.1) is 7.11 Å². The fraction of sp³-hybridized carbons (Fsp3) is 0.350. The van der Waals surface area contributed by atoms with Gasteiger partial charge in [-0.15, -0.1) is 11.8 Å². The first-order valence-electron chi connectivity index (χ1n) is 8.37. The van der Waals surface area contributed by atoms with E-state index in [0.717, 1.165) is 29.5 Å². The number of carbonyl (C=O) groups excluding carboxylic acids is 1. The van der Waals surface area contributed by atoms with E-state index < -0.39 is 0 Å². The van der Waals surface area contributed by atoms with Crippen LogP contribution in [0.4, 0.5) is 5.69 Å². The van der Waals surface area contributed by atoms with E-state index in [4.69, 9.17) is 4.74 Å². The number of ether oxygens (including phenoxy) is 1. The summed E-state index contributed by atoms with van der Waals surface area (Å²) < 4.78 is 6.19. The van der Waals surface area contributed by atoms with Crippen LogP contribution in [0.2, 0.25) is 0 Å². The maximum Gasteiger partial charge on any atom is 0.328 e. The summed E-state index contributed by atoms with van der Waals surface area (Å²) >= 11 is 5.35. The number of carbonyl (C=O) groups is 1. The van der Waals surface area contributed by atoms with E-state index in [1.807, 2.05) is 18.2 Å². The molecule has 25 heavy (non-hydrogen) atoms. The van der Waals surface area contributed by atoms with Crippen LogP contribution < -0.4 is 4.90 Å². The fourth-order valence-corrected chi connectivity index (χ4v) is 4.60. The molecule has 2 atom stereocenters. The molecule has 0 spiro atoms. The average molecular weight is 420 g/mol. The van der Waals surface area contributed by atoms with Crippen molar-refractivity contribution in [2.45, 2.75) is 29.7 Å². The van der Waals surface area contributed by atoms with Gasteiger partial charge in [0.2, 0.25) is 0 Å². The number of esters is 1. The van der Waals surface area contributed by atoms with Crippen molar-refractivity contribution in [3.63, 3.8) is 0 Å². The number of rotatable bonds is 4. The third kappa shape index (κ3) is 4.04. The van der Waals surface area contributed by atoms with Crippen LogP contribution in [0, 0.1) is 0 Å². The van der Waals surface area contributed by atoms with Gasteiger partial charge in [0.1, 0.15) is 6.04 Å². The number of para-hydroxylation sites is 1. The van der Waals surface area contributed by atoms with Crippen molar-refractivity contribution >= 4 is 39.3 Å². The summed E-state index contributed by atoms with van der Waals surface area (Å²) in [4.78, 5) is 15.9. The lowest BCUT2D eigenvalue weighted by Crippen LogP contribution is -2.47. The van der Waals surface area contributed by atoms with Gasteiger partial charge < -0.3 is 9.64 Å². The van der Waals surface area contributed by atoms with Crippen LogP contribution >= 0.6 is 27.7 Å². The Labute approximate surface area is 161 Å². The van der Waals surface area contributed by atoms with Gasteiger partial charge in [-0.25, -0.2) is 4.79 Å². The number of thioether (sulfide) groups is 1. The lowest BCUT2D eigenvalue weighted by molar-refractivity contribution is -0.142. The maximum atomic E-state index is 12.5. The molecule has 132 valence electrons. The predicted octanol–water partition coefficient (Wildman–Crippen LogP) is 5.10. The summed E-state index contributed by atoms with van der Waals surface area (Å²) in [6.07, 6.45) is 3.89. The number of nitrogens with zero attached hydrogens (tertiary/aromatic N) is 1. The Morgan fingerprint density at radius 1 is 1.24 bits per heavy atom. The number of benzene rings is 2. The zero-order valence-corrected chi connectivity index (χ0v) is 16.8. The number of hydrogen-bond donors (Lipinski definition) is 0. The highest BCUT2D eigenvalue weighted by molar-refractivity contribution is 9.10. The van der Waals surface area contributed by atoms with Crippen LogP contribution in [-0.4, -0.2) is 31.9 Å². The highest BCUT2D eigenvalue weighted by atomic mass is 79.9. The van der Waals surface area contributed by atoms with Gasteiger partial charge in [0, 0.05) is 21.6 Å². The van der Waals surface area contributed by atoms with Crippen molar-refractivity contribution in [2.75, 3.05) is 24.8 Å². The lowest BCUT2D eigenvalue weighted by atomic mass is 9.85. The Kier molecular flexibility index (Phi) is 6.07. The minimum Gasteiger partial charge on any atom is -0.467 e. The van der Waals surface area contributed by atoms with Gasteiger partial charge in [0.25, 0.3) is 0 Å². The molecule has 2 aromatic carbocycles. The van der Waals surface area contributed by atoms with Gasteiger partial charge in [-0.3, -0.25) is 0 Å². The van der Waals surface area contributed by atoms with Gasteiger partial charge in [-0.05, 0) is 60.9 Å². The lowest BCUT2D eigenvalue weighted by Gasteiger charge is -2.40. The molecule has 1 aliphatic rings. The van der Waals surface area contributed by atoms with E-state index in [9.17, 15) is 4.79 Å². The summed E-state index contributed by atoms with van der Waals surface area (Å²) in [7, 11) is 1.47. The third-order valence-electron chi connectivity index (χ3n) is 4.80. The smallest absolute Gasteiger partial charge is 0.328 e. The number of piperidine rings is 1. The molecule has 0 aliphatic carbocycles. The Morgan fingerprint density at radius 3 is 2.68 bits per heavy atom. The summed E-state index contributed by atoms with van der Waals surface area (Å²) in [5.74, 6) is 0.193. The Balaban J connectivity index is 1.90. The van der Waals surface area contributed by atoms with Crippen molar-refractivity contribution < 1.29 is 9.53 Å². The van der Waals surface area contributed by atoms with Crippen molar-refractivity contribution in [3.05, 3.63) is 58.6 Å². The second-order valence-electron chi connectivity index (χ2n) is 6.18. The number of methoxy groups -OCH3 is 1. The van der Waals surface area contributed by atoms with Crippen molar-refractivity contribution in [3.8, 4) is 0 Å². The van der Waals surface area contributed by atoms with Crippen molar-refractivity contribution in [1.82, 2.24) is 0 Å².